The molecule has 198 valence electrons. The Morgan fingerprint density at radius 3 is 2.61 bits per heavy atom. The van der Waals surface area contributed by atoms with Gasteiger partial charge in [0.1, 0.15) is 17.8 Å². The maximum atomic E-state index is 12.5. The average molecular weight is 533 g/mol. The first-order chi connectivity index (χ1) is 18.7. The summed E-state index contributed by atoms with van der Waals surface area (Å²) in [6, 6.07) is 18.0. The molecule has 4 aromatic rings. The molecular formula is C28H32N6O3S. The van der Waals surface area contributed by atoms with Crippen molar-refractivity contribution in [1.82, 2.24) is 30.0 Å². The first-order valence-corrected chi connectivity index (χ1v) is 13.9. The van der Waals surface area contributed by atoms with Gasteiger partial charge in [-0.2, -0.15) is 0 Å². The second-order valence-corrected chi connectivity index (χ2v) is 10.1. The Morgan fingerprint density at radius 1 is 1.05 bits per heavy atom. The number of carbonyl (C=O) groups is 1. The minimum absolute atomic E-state index is 0.214. The number of likely N-dealkylation sites (tertiary alicyclic amines) is 1. The molecule has 0 unspecified atom stereocenters. The van der Waals surface area contributed by atoms with E-state index in [0.717, 1.165) is 42.5 Å². The van der Waals surface area contributed by atoms with Crippen LogP contribution in [0.1, 0.15) is 47.0 Å². The number of amides is 1. The van der Waals surface area contributed by atoms with E-state index >= 15 is 0 Å². The number of nitrogens with one attached hydrogen (secondary N) is 1. The molecule has 5 rings (SSSR count). The molecule has 0 aliphatic carbocycles. The lowest BCUT2D eigenvalue weighted by Crippen LogP contribution is -2.37. The third kappa shape index (κ3) is 6.62. The molecule has 0 saturated carbocycles. The van der Waals surface area contributed by atoms with E-state index < -0.39 is 0 Å². The van der Waals surface area contributed by atoms with Crippen molar-refractivity contribution in [1.29, 1.82) is 0 Å². The first kappa shape index (κ1) is 26.0. The number of nitrogens with zero attached hydrogens (tertiary/aromatic N) is 5. The van der Waals surface area contributed by atoms with Gasteiger partial charge >= 0.3 is 0 Å². The van der Waals surface area contributed by atoms with Gasteiger partial charge in [-0.3, -0.25) is 9.36 Å². The van der Waals surface area contributed by atoms with Gasteiger partial charge in [-0.15, -0.1) is 10.2 Å². The van der Waals surface area contributed by atoms with Gasteiger partial charge in [-0.05, 0) is 55.8 Å². The van der Waals surface area contributed by atoms with E-state index in [1.165, 1.54) is 37.3 Å². The normalized spacial score (nSPS) is 13.9. The van der Waals surface area contributed by atoms with Crippen LogP contribution in [0.15, 0.2) is 70.4 Å². The average Bonchev–Trinajstić information content (AvgIpc) is 3.60. The smallest absolute Gasteiger partial charge is 0.273 e. The van der Waals surface area contributed by atoms with Crippen molar-refractivity contribution in [2.45, 2.75) is 36.6 Å². The SMILES string of the molecule is COc1ccc(-n2c(Cc3ccccc3)nnc2SCc2nc(C(=O)NCCN3CCCCC3)co2)cc1. The Bertz CT molecular complexity index is 1320. The van der Waals surface area contributed by atoms with Crippen molar-refractivity contribution in [2.75, 3.05) is 33.3 Å². The number of piperidine rings is 1. The minimum atomic E-state index is -0.214. The van der Waals surface area contributed by atoms with Gasteiger partial charge in [0.2, 0.25) is 5.89 Å². The van der Waals surface area contributed by atoms with Crippen molar-refractivity contribution in [3.8, 4) is 11.4 Å². The van der Waals surface area contributed by atoms with Crippen LogP contribution in [0.2, 0.25) is 0 Å². The van der Waals surface area contributed by atoms with Gasteiger partial charge in [0, 0.05) is 25.2 Å². The highest BCUT2D eigenvalue weighted by atomic mass is 32.2. The fourth-order valence-electron chi connectivity index (χ4n) is 4.49. The maximum Gasteiger partial charge on any atom is 0.273 e. The molecule has 0 spiro atoms. The molecule has 1 saturated heterocycles. The molecule has 0 bridgehead atoms. The van der Waals surface area contributed by atoms with Crippen LogP contribution >= 0.6 is 11.8 Å². The summed E-state index contributed by atoms with van der Waals surface area (Å²) in [7, 11) is 1.65. The van der Waals surface area contributed by atoms with Crippen LogP contribution in [0, 0.1) is 0 Å². The standard InChI is InChI=1S/C28H32N6O3S/c1-36-23-12-10-22(11-13-23)34-25(18-21-8-4-2-5-9-21)31-32-28(34)38-20-26-30-24(19-37-26)27(35)29-14-17-33-15-6-3-7-16-33/h2,4-5,8-13,19H,3,6-7,14-18,20H2,1H3,(H,29,35). The van der Waals surface area contributed by atoms with Crippen LogP contribution in [0.4, 0.5) is 0 Å². The van der Waals surface area contributed by atoms with E-state index in [-0.39, 0.29) is 5.91 Å². The van der Waals surface area contributed by atoms with Crippen molar-refractivity contribution in [3.05, 3.63) is 83.8 Å². The topological polar surface area (TPSA) is 98.3 Å². The largest absolute Gasteiger partial charge is 0.497 e. The Kier molecular flexibility index (Phi) is 8.72. The summed E-state index contributed by atoms with van der Waals surface area (Å²) < 4.78 is 13.0. The quantitative estimate of drug-likeness (QED) is 0.285. The van der Waals surface area contributed by atoms with Crippen LogP contribution in [0.25, 0.3) is 5.69 Å². The second-order valence-electron chi connectivity index (χ2n) is 9.17. The van der Waals surface area contributed by atoms with Crippen molar-refractivity contribution in [2.24, 2.45) is 0 Å². The predicted octanol–water partition coefficient (Wildman–Crippen LogP) is 4.36. The number of rotatable bonds is 11. The van der Waals surface area contributed by atoms with Crippen LogP contribution in [-0.2, 0) is 12.2 Å². The van der Waals surface area contributed by atoms with E-state index in [4.69, 9.17) is 9.15 Å². The summed E-state index contributed by atoms with van der Waals surface area (Å²) in [6.45, 7) is 3.67. The number of benzene rings is 2. The third-order valence-electron chi connectivity index (χ3n) is 6.51. The van der Waals surface area contributed by atoms with Crippen molar-refractivity contribution in [3.63, 3.8) is 0 Å². The zero-order valence-electron chi connectivity index (χ0n) is 21.5. The van der Waals surface area contributed by atoms with Gasteiger partial charge in [0.15, 0.2) is 10.9 Å². The molecule has 1 amide bonds. The van der Waals surface area contributed by atoms with Gasteiger partial charge in [0.05, 0.1) is 12.9 Å². The molecule has 1 N–H and O–H groups in total. The summed E-state index contributed by atoms with van der Waals surface area (Å²) >= 11 is 1.46. The van der Waals surface area contributed by atoms with Crippen molar-refractivity contribution >= 4 is 17.7 Å². The Balaban J connectivity index is 1.24. The maximum absolute atomic E-state index is 12.5. The number of hydrogen-bond donors (Lipinski definition) is 1. The number of hydrogen-bond acceptors (Lipinski definition) is 8. The highest BCUT2D eigenvalue weighted by Gasteiger charge is 2.18. The number of ether oxygens (including phenoxy) is 1. The predicted molar refractivity (Wildman–Crippen MR) is 146 cm³/mol. The third-order valence-corrected chi connectivity index (χ3v) is 7.42. The summed E-state index contributed by atoms with van der Waals surface area (Å²) in [4.78, 5) is 19.3. The fourth-order valence-corrected chi connectivity index (χ4v) is 5.31. The molecule has 1 fully saturated rings. The molecule has 10 heteroatoms. The highest BCUT2D eigenvalue weighted by molar-refractivity contribution is 7.98. The number of oxazole rings is 1. The zero-order valence-corrected chi connectivity index (χ0v) is 22.3. The Morgan fingerprint density at radius 2 is 1.84 bits per heavy atom. The molecule has 2 aromatic heterocycles. The number of carbonyl (C=O) groups excluding carboxylic acids is 1. The van der Waals surface area contributed by atoms with Gasteiger partial charge in [0.25, 0.3) is 5.91 Å². The molecule has 9 nitrogen and oxygen atoms in total. The molecule has 1 aliphatic rings. The Hall–Kier alpha value is -3.63. The number of aromatic nitrogens is 4. The van der Waals surface area contributed by atoms with E-state index in [0.29, 0.717) is 35.5 Å². The monoisotopic (exact) mass is 532 g/mol. The first-order valence-electron chi connectivity index (χ1n) is 12.9. The molecule has 1 aliphatic heterocycles. The van der Waals surface area contributed by atoms with Crippen molar-refractivity contribution < 1.29 is 13.9 Å². The highest BCUT2D eigenvalue weighted by Crippen LogP contribution is 2.27. The zero-order chi connectivity index (χ0) is 26.2. The van der Waals surface area contributed by atoms with Crippen LogP contribution in [0.5, 0.6) is 5.75 Å². The van der Waals surface area contributed by atoms with E-state index in [1.54, 1.807) is 7.11 Å². The van der Waals surface area contributed by atoms with Gasteiger partial charge < -0.3 is 19.4 Å². The van der Waals surface area contributed by atoms with Gasteiger partial charge in [-0.1, -0.05) is 48.5 Å². The lowest BCUT2D eigenvalue weighted by Gasteiger charge is -2.26. The molecule has 3 heterocycles. The molecule has 38 heavy (non-hydrogen) atoms. The summed E-state index contributed by atoms with van der Waals surface area (Å²) in [5, 5.41) is 12.6. The minimum Gasteiger partial charge on any atom is -0.497 e. The molecular weight excluding hydrogens is 500 g/mol. The summed E-state index contributed by atoms with van der Waals surface area (Å²) in [5.41, 5.74) is 2.38. The molecule has 0 radical (unpaired) electrons. The van der Waals surface area contributed by atoms with E-state index in [9.17, 15) is 4.79 Å². The lowest BCUT2D eigenvalue weighted by atomic mass is 10.1. The number of methoxy groups -OCH3 is 1. The van der Waals surface area contributed by atoms with Crippen LogP contribution < -0.4 is 10.1 Å². The van der Waals surface area contributed by atoms with Gasteiger partial charge in [-0.25, -0.2) is 4.98 Å². The van der Waals surface area contributed by atoms with Crippen LogP contribution in [-0.4, -0.2) is 63.8 Å². The summed E-state index contributed by atoms with van der Waals surface area (Å²) in [5.74, 6) is 2.27. The van der Waals surface area contributed by atoms with E-state index in [1.807, 2.05) is 47.0 Å². The number of thioether (sulfide) groups is 1. The van der Waals surface area contributed by atoms with Crippen LogP contribution in [0.3, 0.4) is 0 Å². The summed E-state index contributed by atoms with van der Waals surface area (Å²) in [6.07, 6.45) is 5.83. The van der Waals surface area contributed by atoms with E-state index in [2.05, 4.69) is 37.5 Å². The fraction of sp³-hybridized carbons (Fsp3) is 0.357. The second kappa shape index (κ2) is 12.7. The Labute approximate surface area is 226 Å². The lowest BCUT2D eigenvalue weighted by molar-refractivity contribution is 0.0941. The molecule has 2 aromatic carbocycles. The molecule has 0 atom stereocenters.